The first-order valence-electron chi connectivity index (χ1n) is 10.5. The molecule has 1 aliphatic rings. The summed E-state index contributed by atoms with van der Waals surface area (Å²) < 4.78 is 0. The third-order valence-corrected chi connectivity index (χ3v) is 6.23. The van der Waals surface area contributed by atoms with E-state index in [-0.39, 0.29) is 11.4 Å². The molecule has 0 saturated carbocycles. The topological polar surface area (TPSA) is 44.7 Å². The standard InChI is InChI=1S/C25H32ClN3O/c1-15(2)29-23-11-17(4)19(12-21(23)18(5)13-25(29,6)7)14-27-28-24(30)20-9-8-16(3)10-22(20)26/h8-12,14-15,18H,13H2,1-7H3,(H,28,30)/b27-14-/t18-/m1/s1. The number of nitrogens with zero attached hydrogens (tertiary/aromatic N) is 2. The molecule has 0 fully saturated rings. The van der Waals surface area contributed by atoms with E-state index in [0.717, 1.165) is 23.1 Å². The van der Waals surface area contributed by atoms with Gasteiger partial charge in [0.25, 0.3) is 5.91 Å². The van der Waals surface area contributed by atoms with Crippen molar-refractivity contribution in [2.45, 2.75) is 72.4 Å². The maximum Gasteiger partial charge on any atom is 0.272 e. The first-order chi connectivity index (χ1) is 14.0. The van der Waals surface area contributed by atoms with Crippen LogP contribution in [0.5, 0.6) is 0 Å². The average molecular weight is 426 g/mol. The molecular formula is C25H32ClN3O. The fraction of sp³-hybridized carbons (Fsp3) is 0.440. The Labute approximate surface area is 185 Å². The molecule has 0 spiro atoms. The molecular weight excluding hydrogens is 394 g/mol. The molecule has 1 heterocycles. The van der Waals surface area contributed by atoms with Crippen molar-refractivity contribution in [1.29, 1.82) is 0 Å². The van der Waals surface area contributed by atoms with E-state index < -0.39 is 0 Å². The molecule has 1 aliphatic heterocycles. The van der Waals surface area contributed by atoms with E-state index in [4.69, 9.17) is 11.6 Å². The molecule has 0 aliphatic carbocycles. The minimum atomic E-state index is -0.312. The summed E-state index contributed by atoms with van der Waals surface area (Å²) in [6, 6.07) is 10.2. The van der Waals surface area contributed by atoms with E-state index in [1.165, 1.54) is 11.3 Å². The maximum absolute atomic E-state index is 12.4. The highest BCUT2D eigenvalue weighted by Crippen LogP contribution is 2.45. The molecule has 2 aromatic carbocycles. The van der Waals surface area contributed by atoms with Gasteiger partial charge in [-0.2, -0.15) is 5.10 Å². The number of rotatable bonds is 4. The predicted octanol–water partition coefficient (Wildman–Crippen LogP) is 6.22. The molecule has 2 aromatic rings. The second kappa shape index (κ2) is 8.43. The number of fused-ring (bicyclic) bond motifs is 1. The van der Waals surface area contributed by atoms with E-state index in [0.29, 0.717) is 22.5 Å². The number of nitrogens with one attached hydrogen (secondary N) is 1. The van der Waals surface area contributed by atoms with Crippen molar-refractivity contribution in [1.82, 2.24) is 5.43 Å². The van der Waals surface area contributed by atoms with Gasteiger partial charge >= 0.3 is 0 Å². The van der Waals surface area contributed by atoms with Crippen molar-refractivity contribution in [3.8, 4) is 0 Å². The molecule has 160 valence electrons. The van der Waals surface area contributed by atoms with Gasteiger partial charge in [0.1, 0.15) is 0 Å². The van der Waals surface area contributed by atoms with Crippen LogP contribution in [-0.2, 0) is 0 Å². The minimum absolute atomic E-state index is 0.115. The zero-order valence-electron chi connectivity index (χ0n) is 19.0. The Balaban J connectivity index is 1.86. The molecule has 1 atom stereocenters. The van der Waals surface area contributed by atoms with Crippen molar-refractivity contribution < 1.29 is 4.79 Å². The maximum atomic E-state index is 12.4. The number of hydrazone groups is 1. The molecule has 0 saturated heterocycles. The summed E-state index contributed by atoms with van der Waals surface area (Å²) in [5.41, 5.74) is 8.94. The number of anilines is 1. The van der Waals surface area contributed by atoms with Gasteiger partial charge in [0.15, 0.2) is 0 Å². The highest BCUT2D eigenvalue weighted by atomic mass is 35.5. The third kappa shape index (κ3) is 4.39. The first kappa shape index (κ1) is 22.4. The number of hydrogen-bond acceptors (Lipinski definition) is 3. The fourth-order valence-corrected chi connectivity index (χ4v) is 5.08. The summed E-state index contributed by atoms with van der Waals surface area (Å²) in [6.45, 7) is 15.5. The van der Waals surface area contributed by atoms with E-state index in [9.17, 15) is 4.79 Å². The quantitative estimate of drug-likeness (QED) is 0.466. The van der Waals surface area contributed by atoms with Crippen LogP contribution < -0.4 is 10.3 Å². The van der Waals surface area contributed by atoms with Gasteiger partial charge in [-0.15, -0.1) is 0 Å². The SMILES string of the molecule is Cc1ccc(C(=O)N/N=C\c2cc3c(cc2C)N(C(C)C)C(C)(C)C[C@H]3C)c(Cl)c1. The van der Waals surface area contributed by atoms with Crippen LogP contribution in [0.4, 0.5) is 5.69 Å². The van der Waals surface area contributed by atoms with Crippen LogP contribution in [0.3, 0.4) is 0 Å². The summed E-state index contributed by atoms with van der Waals surface area (Å²) in [5.74, 6) is 0.145. The number of aryl methyl sites for hydroxylation is 2. The Kier molecular flexibility index (Phi) is 6.28. The van der Waals surface area contributed by atoms with Crippen molar-refractivity contribution in [2.75, 3.05) is 4.90 Å². The largest absolute Gasteiger partial charge is 0.364 e. The molecule has 1 amide bonds. The van der Waals surface area contributed by atoms with Gasteiger partial charge in [0, 0.05) is 17.3 Å². The van der Waals surface area contributed by atoms with Crippen LogP contribution in [-0.4, -0.2) is 23.7 Å². The second-order valence-corrected chi connectivity index (χ2v) is 9.74. The average Bonchev–Trinajstić information content (AvgIpc) is 2.61. The molecule has 0 aromatic heterocycles. The molecule has 5 heteroatoms. The second-order valence-electron chi connectivity index (χ2n) is 9.33. The Hall–Kier alpha value is -2.33. The Morgan fingerprint density at radius 2 is 1.97 bits per heavy atom. The van der Waals surface area contributed by atoms with Crippen LogP contribution in [0.2, 0.25) is 5.02 Å². The van der Waals surface area contributed by atoms with Gasteiger partial charge in [-0.1, -0.05) is 24.6 Å². The van der Waals surface area contributed by atoms with Crippen LogP contribution in [0.25, 0.3) is 0 Å². The first-order valence-corrected chi connectivity index (χ1v) is 10.9. The van der Waals surface area contributed by atoms with Crippen molar-refractivity contribution >= 4 is 29.4 Å². The number of amides is 1. The Morgan fingerprint density at radius 1 is 1.27 bits per heavy atom. The monoisotopic (exact) mass is 425 g/mol. The molecule has 30 heavy (non-hydrogen) atoms. The van der Waals surface area contributed by atoms with E-state index >= 15 is 0 Å². The van der Waals surface area contributed by atoms with Gasteiger partial charge in [0.2, 0.25) is 0 Å². The predicted molar refractivity (Wildman–Crippen MR) is 127 cm³/mol. The van der Waals surface area contributed by atoms with Crippen LogP contribution in [0.15, 0.2) is 35.4 Å². The van der Waals surface area contributed by atoms with Crippen molar-refractivity contribution in [3.05, 3.63) is 63.2 Å². The molecule has 0 radical (unpaired) electrons. The lowest BCUT2D eigenvalue weighted by Crippen LogP contribution is -2.51. The van der Waals surface area contributed by atoms with E-state index in [1.54, 1.807) is 18.3 Å². The molecule has 4 nitrogen and oxygen atoms in total. The highest BCUT2D eigenvalue weighted by molar-refractivity contribution is 6.33. The lowest BCUT2D eigenvalue weighted by Gasteiger charge is -2.50. The van der Waals surface area contributed by atoms with Crippen LogP contribution >= 0.6 is 11.6 Å². The smallest absolute Gasteiger partial charge is 0.272 e. The highest BCUT2D eigenvalue weighted by Gasteiger charge is 2.37. The summed E-state index contributed by atoms with van der Waals surface area (Å²) in [6.07, 6.45) is 2.82. The van der Waals surface area contributed by atoms with Crippen molar-refractivity contribution in [2.24, 2.45) is 5.10 Å². The van der Waals surface area contributed by atoms with Crippen molar-refractivity contribution in [3.63, 3.8) is 0 Å². The van der Waals surface area contributed by atoms with Gasteiger partial charge in [0.05, 0.1) is 16.8 Å². The number of hydrogen-bond donors (Lipinski definition) is 1. The fourth-order valence-electron chi connectivity index (χ4n) is 4.76. The number of carbonyl (C=O) groups is 1. The Bertz CT molecular complexity index is 994. The molecule has 0 unspecified atom stereocenters. The molecule has 0 bridgehead atoms. The summed E-state index contributed by atoms with van der Waals surface area (Å²) in [7, 11) is 0. The third-order valence-electron chi connectivity index (χ3n) is 5.92. The normalized spacial score (nSPS) is 18.0. The zero-order chi connectivity index (χ0) is 22.2. The lowest BCUT2D eigenvalue weighted by atomic mass is 9.78. The zero-order valence-corrected chi connectivity index (χ0v) is 19.8. The summed E-state index contributed by atoms with van der Waals surface area (Å²) in [5, 5.41) is 4.63. The van der Waals surface area contributed by atoms with Gasteiger partial charge in [-0.05, 0) is 100 Å². The molecule has 1 N–H and O–H groups in total. The number of benzene rings is 2. The van der Waals surface area contributed by atoms with Crippen LogP contribution in [0.1, 0.15) is 79.6 Å². The van der Waals surface area contributed by atoms with Gasteiger partial charge in [-0.3, -0.25) is 4.79 Å². The number of carbonyl (C=O) groups excluding carboxylic acids is 1. The molecule has 3 rings (SSSR count). The summed E-state index contributed by atoms with van der Waals surface area (Å²) in [4.78, 5) is 14.9. The summed E-state index contributed by atoms with van der Waals surface area (Å²) >= 11 is 6.19. The van der Waals surface area contributed by atoms with E-state index in [1.807, 2.05) is 13.0 Å². The Morgan fingerprint density at radius 3 is 2.60 bits per heavy atom. The minimum Gasteiger partial charge on any atom is -0.364 e. The van der Waals surface area contributed by atoms with Gasteiger partial charge in [-0.25, -0.2) is 5.43 Å². The van der Waals surface area contributed by atoms with Gasteiger partial charge < -0.3 is 4.90 Å². The van der Waals surface area contributed by atoms with Crippen LogP contribution in [0, 0.1) is 13.8 Å². The lowest BCUT2D eigenvalue weighted by molar-refractivity contribution is 0.0955. The van der Waals surface area contributed by atoms with E-state index in [2.05, 4.69) is 69.1 Å². The number of halogens is 1.